The van der Waals surface area contributed by atoms with E-state index in [9.17, 15) is 8.42 Å². The molecule has 0 atom stereocenters. The standard InChI is InChI=1S/C16H22N6O2S/c1-11-14(15(17)20-16(18)19-11)22-9-7-21(8-10-22)12-3-5-13(6-4-12)25(2,23)24/h3-6H,7-10H2,1-2H3,(H4,17,18,19,20). The van der Waals surface area contributed by atoms with Crippen molar-refractivity contribution in [2.24, 2.45) is 0 Å². The highest BCUT2D eigenvalue weighted by atomic mass is 32.2. The number of rotatable bonds is 3. The average molecular weight is 362 g/mol. The Morgan fingerprint density at radius 2 is 1.52 bits per heavy atom. The molecule has 2 aromatic rings. The summed E-state index contributed by atoms with van der Waals surface area (Å²) in [5.41, 5.74) is 14.3. The Balaban J connectivity index is 1.72. The summed E-state index contributed by atoms with van der Waals surface area (Å²) in [6, 6.07) is 6.98. The van der Waals surface area contributed by atoms with Gasteiger partial charge in [-0.15, -0.1) is 0 Å². The van der Waals surface area contributed by atoms with Crippen molar-refractivity contribution in [1.82, 2.24) is 9.97 Å². The van der Waals surface area contributed by atoms with E-state index >= 15 is 0 Å². The van der Waals surface area contributed by atoms with Gasteiger partial charge in [0.05, 0.1) is 10.6 Å². The molecule has 2 heterocycles. The molecule has 0 unspecified atom stereocenters. The number of aromatic nitrogens is 2. The number of piperazine rings is 1. The van der Waals surface area contributed by atoms with Gasteiger partial charge in [-0.05, 0) is 31.2 Å². The van der Waals surface area contributed by atoms with Gasteiger partial charge in [0.25, 0.3) is 0 Å². The quantitative estimate of drug-likeness (QED) is 0.818. The van der Waals surface area contributed by atoms with E-state index in [2.05, 4.69) is 19.8 Å². The maximum atomic E-state index is 11.6. The highest BCUT2D eigenvalue weighted by molar-refractivity contribution is 7.90. The zero-order chi connectivity index (χ0) is 18.2. The summed E-state index contributed by atoms with van der Waals surface area (Å²) in [6.45, 7) is 5.00. The van der Waals surface area contributed by atoms with Crippen LogP contribution in [0.4, 0.5) is 23.1 Å². The van der Waals surface area contributed by atoms with Gasteiger partial charge in [0.2, 0.25) is 5.95 Å². The molecular formula is C16H22N6O2S. The van der Waals surface area contributed by atoms with Crippen LogP contribution in [-0.4, -0.2) is 50.8 Å². The predicted octanol–water partition coefficient (Wildman–Crippen LogP) is 0.680. The topological polar surface area (TPSA) is 118 Å². The third-order valence-corrected chi connectivity index (χ3v) is 5.46. The molecule has 0 amide bonds. The van der Waals surface area contributed by atoms with E-state index in [4.69, 9.17) is 11.5 Å². The zero-order valence-corrected chi connectivity index (χ0v) is 15.1. The third-order valence-electron chi connectivity index (χ3n) is 4.33. The lowest BCUT2D eigenvalue weighted by Crippen LogP contribution is -2.47. The van der Waals surface area contributed by atoms with Gasteiger partial charge in [-0.1, -0.05) is 0 Å². The number of nitrogen functional groups attached to an aromatic ring is 2. The first-order valence-electron chi connectivity index (χ1n) is 7.95. The number of nitrogens with zero attached hydrogens (tertiary/aromatic N) is 4. The molecule has 1 fully saturated rings. The normalized spacial score (nSPS) is 15.4. The van der Waals surface area contributed by atoms with Gasteiger partial charge in [-0.25, -0.2) is 13.4 Å². The number of nitrogens with two attached hydrogens (primary N) is 2. The third kappa shape index (κ3) is 3.60. The van der Waals surface area contributed by atoms with Gasteiger partial charge in [0, 0.05) is 38.1 Å². The largest absolute Gasteiger partial charge is 0.382 e. The van der Waals surface area contributed by atoms with Crippen LogP contribution < -0.4 is 21.3 Å². The van der Waals surface area contributed by atoms with Crippen molar-refractivity contribution in [2.45, 2.75) is 11.8 Å². The van der Waals surface area contributed by atoms with Crippen LogP contribution in [0.1, 0.15) is 5.69 Å². The van der Waals surface area contributed by atoms with Crippen LogP contribution in [0.15, 0.2) is 29.2 Å². The summed E-state index contributed by atoms with van der Waals surface area (Å²) in [4.78, 5) is 12.9. The number of sulfone groups is 1. The monoisotopic (exact) mass is 362 g/mol. The molecule has 8 nitrogen and oxygen atoms in total. The molecule has 134 valence electrons. The molecule has 4 N–H and O–H groups in total. The van der Waals surface area contributed by atoms with E-state index in [0.717, 1.165) is 43.2 Å². The minimum atomic E-state index is -3.17. The Morgan fingerprint density at radius 1 is 0.960 bits per heavy atom. The molecule has 0 bridgehead atoms. The molecule has 3 rings (SSSR count). The smallest absolute Gasteiger partial charge is 0.222 e. The molecule has 25 heavy (non-hydrogen) atoms. The van der Waals surface area contributed by atoms with Crippen molar-refractivity contribution in [3.63, 3.8) is 0 Å². The Kier molecular flexibility index (Phi) is 4.42. The van der Waals surface area contributed by atoms with Crippen LogP contribution in [0.2, 0.25) is 0 Å². The van der Waals surface area contributed by atoms with E-state index in [1.165, 1.54) is 6.26 Å². The van der Waals surface area contributed by atoms with Crippen molar-refractivity contribution in [1.29, 1.82) is 0 Å². The summed E-state index contributed by atoms with van der Waals surface area (Å²) in [6.07, 6.45) is 1.21. The molecule has 1 aromatic carbocycles. The van der Waals surface area contributed by atoms with Gasteiger partial charge in [-0.3, -0.25) is 0 Å². The maximum Gasteiger partial charge on any atom is 0.222 e. The molecule has 1 saturated heterocycles. The summed E-state index contributed by atoms with van der Waals surface area (Å²) >= 11 is 0. The molecule has 0 aliphatic carbocycles. The zero-order valence-electron chi connectivity index (χ0n) is 14.3. The first kappa shape index (κ1) is 17.3. The Labute approximate surface area is 147 Å². The van der Waals surface area contributed by atoms with E-state index in [-0.39, 0.29) is 5.95 Å². The lowest BCUT2D eigenvalue weighted by Gasteiger charge is -2.38. The maximum absolute atomic E-state index is 11.6. The summed E-state index contributed by atoms with van der Waals surface area (Å²) < 4.78 is 23.1. The fourth-order valence-electron chi connectivity index (χ4n) is 3.09. The van der Waals surface area contributed by atoms with Crippen molar-refractivity contribution in [3.8, 4) is 0 Å². The fourth-order valence-corrected chi connectivity index (χ4v) is 3.73. The van der Waals surface area contributed by atoms with Crippen LogP contribution in [0.3, 0.4) is 0 Å². The van der Waals surface area contributed by atoms with E-state index in [0.29, 0.717) is 10.7 Å². The van der Waals surface area contributed by atoms with Gasteiger partial charge in [-0.2, -0.15) is 4.98 Å². The number of benzene rings is 1. The van der Waals surface area contributed by atoms with Crippen molar-refractivity contribution in [2.75, 3.05) is 53.7 Å². The second kappa shape index (κ2) is 6.40. The Bertz CT molecular complexity index is 851. The highest BCUT2D eigenvalue weighted by Gasteiger charge is 2.22. The molecule has 0 radical (unpaired) electrons. The molecular weight excluding hydrogens is 340 g/mol. The molecule has 0 spiro atoms. The van der Waals surface area contributed by atoms with E-state index in [1.54, 1.807) is 12.1 Å². The molecule has 1 aliphatic rings. The SMILES string of the molecule is Cc1nc(N)nc(N)c1N1CCN(c2ccc(S(C)(=O)=O)cc2)CC1. The minimum Gasteiger partial charge on any atom is -0.382 e. The summed E-state index contributed by atoms with van der Waals surface area (Å²) in [7, 11) is -3.17. The molecule has 1 aliphatic heterocycles. The van der Waals surface area contributed by atoms with Crippen LogP contribution in [0.25, 0.3) is 0 Å². The fraction of sp³-hybridized carbons (Fsp3) is 0.375. The average Bonchev–Trinajstić information content (AvgIpc) is 2.54. The molecule has 1 aromatic heterocycles. The Hall–Kier alpha value is -2.55. The van der Waals surface area contributed by atoms with Gasteiger partial charge >= 0.3 is 0 Å². The lowest BCUT2D eigenvalue weighted by atomic mass is 10.2. The van der Waals surface area contributed by atoms with Gasteiger partial charge in [0.15, 0.2) is 15.7 Å². The van der Waals surface area contributed by atoms with Gasteiger partial charge in [0.1, 0.15) is 5.69 Å². The molecule has 0 saturated carbocycles. The highest BCUT2D eigenvalue weighted by Crippen LogP contribution is 2.27. The molecule has 9 heteroatoms. The van der Waals surface area contributed by atoms with Crippen molar-refractivity contribution >= 4 is 33.0 Å². The van der Waals surface area contributed by atoms with E-state index in [1.807, 2.05) is 19.1 Å². The number of aryl methyl sites for hydroxylation is 1. The van der Waals surface area contributed by atoms with Crippen molar-refractivity contribution < 1.29 is 8.42 Å². The first-order valence-corrected chi connectivity index (χ1v) is 9.84. The van der Waals surface area contributed by atoms with Crippen molar-refractivity contribution in [3.05, 3.63) is 30.0 Å². The number of hydrogen-bond acceptors (Lipinski definition) is 8. The second-order valence-corrected chi connectivity index (χ2v) is 8.16. The lowest BCUT2D eigenvalue weighted by molar-refractivity contribution is 0.602. The van der Waals surface area contributed by atoms with Crippen LogP contribution >= 0.6 is 0 Å². The predicted molar refractivity (Wildman–Crippen MR) is 99.6 cm³/mol. The summed E-state index contributed by atoms with van der Waals surface area (Å²) in [5, 5.41) is 0. The number of anilines is 4. The summed E-state index contributed by atoms with van der Waals surface area (Å²) in [5.74, 6) is 0.583. The van der Waals surface area contributed by atoms with E-state index < -0.39 is 9.84 Å². The van der Waals surface area contributed by atoms with Gasteiger partial charge < -0.3 is 21.3 Å². The second-order valence-electron chi connectivity index (χ2n) is 6.14. The van der Waals surface area contributed by atoms with Crippen LogP contribution in [0.5, 0.6) is 0 Å². The van der Waals surface area contributed by atoms with Crippen LogP contribution in [-0.2, 0) is 9.84 Å². The number of hydrogen-bond donors (Lipinski definition) is 2. The van der Waals surface area contributed by atoms with Crippen LogP contribution in [0, 0.1) is 6.92 Å². The Morgan fingerprint density at radius 3 is 2.04 bits per heavy atom. The minimum absolute atomic E-state index is 0.184. The first-order chi connectivity index (χ1) is 11.8.